The number of hydrogen-bond donors (Lipinski definition) is 0. The van der Waals surface area contributed by atoms with Crippen LogP contribution >= 0.6 is 0 Å². The Balaban J connectivity index is 1.11. The SMILES string of the molecule is CCn1cc(CN2CCC[C@H](N3CCN(Cc4ccc5c(c4)OCO5)CC3)C2)cn1. The summed E-state index contributed by atoms with van der Waals surface area (Å²) in [5.74, 6) is 1.75. The topological polar surface area (TPSA) is 46.0 Å². The molecular weight excluding hydrogens is 378 g/mol. The normalized spacial score (nSPS) is 23.2. The van der Waals surface area contributed by atoms with Crippen molar-refractivity contribution in [1.29, 1.82) is 0 Å². The molecule has 0 N–H and O–H groups in total. The van der Waals surface area contributed by atoms with Crippen LogP contribution in [0.2, 0.25) is 0 Å². The number of piperidine rings is 1. The van der Waals surface area contributed by atoms with Gasteiger partial charge in [-0.2, -0.15) is 5.10 Å². The van der Waals surface area contributed by atoms with E-state index in [1.807, 2.05) is 16.9 Å². The lowest BCUT2D eigenvalue weighted by molar-refractivity contribution is 0.0477. The maximum Gasteiger partial charge on any atom is 0.231 e. The van der Waals surface area contributed by atoms with Crippen LogP contribution in [0.1, 0.15) is 30.9 Å². The van der Waals surface area contributed by atoms with Crippen molar-refractivity contribution in [2.24, 2.45) is 0 Å². The minimum absolute atomic E-state index is 0.344. The lowest BCUT2D eigenvalue weighted by Gasteiger charge is -2.43. The number of nitrogens with zero attached hydrogens (tertiary/aromatic N) is 5. The second kappa shape index (κ2) is 8.96. The van der Waals surface area contributed by atoms with Crippen molar-refractivity contribution in [1.82, 2.24) is 24.5 Å². The summed E-state index contributed by atoms with van der Waals surface area (Å²) < 4.78 is 13.0. The lowest BCUT2D eigenvalue weighted by Crippen LogP contribution is -2.54. The predicted octanol–water partition coefficient (Wildman–Crippen LogP) is 2.41. The maximum atomic E-state index is 5.53. The molecule has 3 aliphatic heterocycles. The van der Waals surface area contributed by atoms with E-state index >= 15 is 0 Å². The molecule has 4 heterocycles. The fourth-order valence-corrected chi connectivity index (χ4v) is 4.98. The van der Waals surface area contributed by atoms with Gasteiger partial charge in [0, 0.05) is 70.2 Å². The second-order valence-electron chi connectivity index (χ2n) is 8.74. The highest BCUT2D eigenvalue weighted by Gasteiger charge is 2.28. The zero-order valence-corrected chi connectivity index (χ0v) is 18.0. The maximum absolute atomic E-state index is 5.53. The first-order chi connectivity index (χ1) is 14.8. The van der Waals surface area contributed by atoms with E-state index < -0.39 is 0 Å². The van der Waals surface area contributed by atoms with Gasteiger partial charge in [0.25, 0.3) is 0 Å². The Morgan fingerprint density at radius 3 is 2.63 bits per heavy atom. The van der Waals surface area contributed by atoms with Crippen LogP contribution in [0, 0.1) is 0 Å². The Kier molecular flexibility index (Phi) is 5.93. The Morgan fingerprint density at radius 1 is 0.967 bits per heavy atom. The number of rotatable bonds is 6. The quantitative estimate of drug-likeness (QED) is 0.728. The van der Waals surface area contributed by atoms with E-state index in [4.69, 9.17) is 9.47 Å². The second-order valence-corrected chi connectivity index (χ2v) is 8.74. The summed E-state index contributed by atoms with van der Waals surface area (Å²) in [5.41, 5.74) is 2.65. The summed E-state index contributed by atoms with van der Waals surface area (Å²) in [6, 6.07) is 7.02. The van der Waals surface area contributed by atoms with Crippen molar-refractivity contribution in [2.45, 2.75) is 45.4 Å². The van der Waals surface area contributed by atoms with Gasteiger partial charge in [-0.15, -0.1) is 0 Å². The summed E-state index contributed by atoms with van der Waals surface area (Å²) in [7, 11) is 0. The zero-order chi connectivity index (χ0) is 20.3. The Bertz CT molecular complexity index is 846. The molecule has 1 atom stereocenters. The number of fused-ring (bicyclic) bond motifs is 1. The van der Waals surface area contributed by atoms with Gasteiger partial charge in [-0.3, -0.25) is 19.4 Å². The fraction of sp³-hybridized carbons (Fsp3) is 0.609. The Labute approximate surface area is 179 Å². The van der Waals surface area contributed by atoms with Crippen LogP contribution in [-0.2, 0) is 19.6 Å². The molecule has 7 heteroatoms. The van der Waals surface area contributed by atoms with Crippen LogP contribution in [0.25, 0.3) is 0 Å². The van der Waals surface area contributed by atoms with Crippen molar-refractivity contribution >= 4 is 0 Å². The monoisotopic (exact) mass is 411 g/mol. The standard InChI is InChI=1S/C23H33N5O2/c1-2-28-16-20(13-24-28)15-26-7-3-4-21(17-26)27-10-8-25(9-11-27)14-19-5-6-22-23(12-19)30-18-29-22/h5-6,12-13,16,21H,2-4,7-11,14-15,17-18H2,1H3/t21-/m0/s1. The van der Waals surface area contributed by atoms with E-state index in [1.54, 1.807) is 0 Å². The minimum atomic E-state index is 0.344. The highest BCUT2D eigenvalue weighted by atomic mass is 16.7. The Hall–Kier alpha value is -2.09. The first-order valence-corrected chi connectivity index (χ1v) is 11.4. The van der Waals surface area contributed by atoms with Gasteiger partial charge in [0.2, 0.25) is 6.79 Å². The number of piperazine rings is 1. The zero-order valence-electron chi connectivity index (χ0n) is 18.0. The van der Waals surface area contributed by atoms with Gasteiger partial charge in [0.1, 0.15) is 0 Å². The predicted molar refractivity (Wildman–Crippen MR) is 116 cm³/mol. The Morgan fingerprint density at radius 2 is 1.80 bits per heavy atom. The van der Waals surface area contributed by atoms with E-state index in [0.29, 0.717) is 12.8 Å². The van der Waals surface area contributed by atoms with E-state index in [9.17, 15) is 0 Å². The number of likely N-dealkylation sites (tertiary alicyclic amines) is 1. The van der Waals surface area contributed by atoms with Gasteiger partial charge in [0.15, 0.2) is 11.5 Å². The van der Waals surface area contributed by atoms with Gasteiger partial charge < -0.3 is 9.47 Å². The molecule has 1 aromatic heterocycles. The summed E-state index contributed by atoms with van der Waals surface area (Å²) >= 11 is 0. The van der Waals surface area contributed by atoms with Gasteiger partial charge in [-0.05, 0) is 44.0 Å². The van der Waals surface area contributed by atoms with Crippen LogP contribution in [0.15, 0.2) is 30.6 Å². The molecule has 5 rings (SSSR count). The third-order valence-corrected chi connectivity index (χ3v) is 6.66. The molecule has 3 aliphatic rings. The smallest absolute Gasteiger partial charge is 0.231 e. The summed E-state index contributed by atoms with van der Waals surface area (Å²) in [5, 5.41) is 4.43. The molecule has 0 unspecified atom stereocenters. The molecule has 0 radical (unpaired) electrons. The molecule has 0 saturated carbocycles. The molecular formula is C23H33N5O2. The molecule has 7 nitrogen and oxygen atoms in total. The van der Waals surface area contributed by atoms with Crippen molar-refractivity contribution in [2.75, 3.05) is 46.1 Å². The van der Waals surface area contributed by atoms with Crippen LogP contribution < -0.4 is 9.47 Å². The summed E-state index contributed by atoms with van der Waals surface area (Å²) in [6.07, 6.45) is 6.84. The first kappa shape index (κ1) is 19.8. The van der Waals surface area contributed by atoms with E-state index in [-0.39, 0.29) is 0 Å². The number of aryl methyl sites for hydroxylation is 1. The van der Waals surface area contributed by atoms with Crippen molar-refractivity contribution in [3.8, 4) is 11.5 Å². The molecule has 0 amide bonds. The third kappa shape index (κ3) is 4.48. The highest BCUT2D eigenvalue weighted by Crippen LogP contribution is 2.33. The molecule has 2 fully saturated rings. The molecule has 0 aliphatic carbocycles. The van der Waals surface area contributed by atoms with Gasteiger partial charge >= 0.3 is 0 Å². The van der Waals surface area contributed by atoms with E-state index in [0.717, 1.165) is 57.3 Å². The molecule has 1 aromatic carbocycles. The highest BCUT2D eigenvalue weighted by molar-refractivity contribution is 5.44. The summed E-state index contributed by atoms with van der Waals surface area (Å²) in [6.45, 7) is 12.4. The number of benzene rings is 1. The first-order valence-electron chi connectivity index (χ1n) is 11.4. The number of hydrogen-bond acceptors (Lipinski definition) is 6. The van der Waals surface area contributed by atoms with E-state index in [1.165, 1.54) is 37.1 Å². The van der Waals surface area contributed by atoms with Gasteiger partial charge in [-0.1, -0.05) is 6.07 Å². The van der Waals surface area contributed by atoms with Gasteiger partial charge in [0.05, 0.1) is 6.20 Å². The largest absolute Gasteiger partial charge is 0.454 e. The molecule has 30 heavy (non-hydrogen) atoms. The minimum Gasteiger partial charge on any atom is -0.454 e. The van der Waals surface area contributed by atoms with E-state index in [2.05, 4.69) is 45.1 Å². The van der Waals surface area contributed by atoms with Crippen LogP contribution in [0.4, 0.5) is 0 Å². The third-order valence-electron chi connectivity index (χ3n) is 6.66. The van der Waals surface area contributed by atoms with Crippen LogP contribution in [0.3, 0.4) is 0 Å². The summed E-state index contributed by atoms with van der Waals surface area (Å²) in [4.78, 5) is 7.90. The number of aromatic nitrogens is 2. The lowest BCUT2D eigenvalue weighted by atomic mass is 10.0. The van der Waals surface area contributed by atoms with Crippen LogP contribution in [0.5, 0.6) is 11.5 Å². The molecule has 0 spiro atoms. The van der Waals surface area contributed by atoms with Gasteiger partial charge in [-0.25, -0.2) is 0 Å². The van der Waals surface area contributed by atoms with Crippen molar-refractivity contribution < 1.29 is 9.47 Å². The molecule has 0 bridgehead atoms. The molecule has 2 saturated heterocycles. The number of ether oxygens (including phenoxy) is 2. The average Bonchev–Trinajstić information content (AvgIpc) is 3.43. The molecule has 162 valence electrons. The van der Waals surface area contributed by atoms with Crippen molar-refractivity contribution in [3.63, 3.8) is 0 Å². The fourth-order valence-electron chi connectivity index (χ4n) is 4.98. The average molecular weight is 412 g/mol. The van der Waals surface area contributed by atoms with Crippen molar-refractivity contribution in [3.05, 3.63) is 41.7 Å². The van der Waals surface area contributed by atoms with Crippen LogP contribution in [-0.4, -0.2) is 76.6 Å². The molecule has 2 aromatic rings.